The number of carbonyl (C=O) groups excluding carboxylic acids is 2. The second-order valence-corrected chi connectivity index (χ2v) is 5.95. The Morgan fingerprint density at radius 1 is 1.17 bits per heavy atom. The molecule has 2 amide bonds. The van der Waals surface area contributed by atoms with Crippen LogP contribution < -0.4 is 10.6 Å². The van der Waals surface area contributed by atoms with Crippen LogP contribution in [0.3, 0.4) is 0 Å². The number of rotatable bonds is 3. The van der Waals surface area contributed by atoms with Gasteiger partial charge in [0, 0.05) is 31.0 Å². The van der Waals surface area contributed by atoms with Crippen LogP contribution >= 0.6 is 0 Å². The molecule has 1 aromatic carbocycles. The Labute approximate surface area is 140 Å². The predicted molar refractivity (Wildman–Crippen MR) is 92.7 cm³/mol. The second-order valence-electron chi connectivity index (χ2n) is 5.95. The molecule has 6 nitrogen and oxygen atoms in total. The molecular formula is C18H20N4O2. The van der Waals surface area contributed by atoms with Crippen molar-refractivity contribution in [3.05, 3.63) is 54.4 Å². The van der Waals surface area contributed by atoms with Gasteiger partial charge in [0.1, 0.15) is 0 Å². The normalized spacial score (nSPS) is 16.7. The molecule has 0 saturated carbocycles. The van der Waals surface area contributed by atoms with Gasteiger partial charge in [-0.15, -0.1) is 0 Å². The minimum atomic E-state index is -0.622. The highest BCUT2D eigenvalue weighted by Gasteiger charge is 2.30. The van der Waals surface area contributed by atoms with Gasteiger partial charge in [0.25, 0.3) is 0 Å². The van der Waals surface area contributed by atoms with Crippen LogP contribution in [0.25, 0.3) is 0 Å². The van der Waals surface area contributed by atoms with Crippen LogP contribution in [0.15, 0.2) is 48.8 Å². The number of aryl methyl sites for hydroxylation is 1. The number of para-hydroxylation sites is 1. The van der Waals surface area contributed by atoms with Crippen LogP contribution in [0.1, 0.15) is 12.0 Å². The average molecular weight is 324 g/mol. The van der Waals surface area contributed by atoms with E-state index in [1.807, 2.05) is 37.3 Å². The molecule has 24 heavy (non-hydrogen) atoms. The summed E-state index contributed by atoms with van der Waals surface area (Å²) in [7, 11) is 0. The van der Waals surface area contributed by atoms with Crippen molar-refractivity contribution >= 4 is 23.2 Å². The highest BCUT2D eigenvalue weighted by Crippen LogP contribution is 2.16. The second kappa shape index (κ2) is 7.12. The smallest absolute Gasteiger partial charge is 0.313 e. The molecule has 1 saturated heterocycles. The Kier molecular flexibility index (Phi) is 4.74. The topological polar surface area (TPSA) is 74.3 Å². The van der Waals surface area contributed by atoms with Gasteiger partial charge in [-0.05, 0) is 37.1 Å². The lowest BCUT2D eigenvalue weighted by Gasteiger charge is -2.17. The van der Waals surface area contributed by atoms with Crippen LogP contribution in [-0.2, 0) is 9.59 Å². The number of nitrogens with zero attached hydrogens (tertiary/aromatic N) is 2. The average Bonchev–Trinajstić information content (AvgIpc) is 3.03. The van der Waals surface area contributed by atoms with E-state index in [0.29, 0.717) is 18.8 Å². The number of nitrogens with one attached hydrogen (secondary N) is 2. The molecular weight excluding hydrogens is 304 g/mol. The molecule has 0 radical (unpaired) electrons. The van der Waals surface area contributed by atoms with E-state index in [9.17, 15) is 9.59 Å². The first-order valence-electron chi connectivity index (χ1n) is 7.95. The largest absolute Gasteiger partial charge is 0.380 e. The maximum absolute atomic E-state index is 12.3. The van der Waals surface area contributed by atoms with Crippen molar-refractivity contribution in [2.45, 2.75) is 19.4 Å². The number of aromatic nitrogens is 1. The molecule has 6 heteroatoms. The summed E-state index contributed by atoms with van der Waals surface area (Å²) in [5.74, 6) is -1.13. The Morgan fingerprint density at radius 3 is 2.71 bits per heavy atom. The Hall–Kier alpha value is -2.89. The summed E-state index contributed by atoms with van der Waals surface area (Å²) in [4.78, 5) is 30.0. The molecule has 0 bridgehead atoms. The van der Waals surface area contributed by atoms with Gasteiger partial charge in [-0.1, -0.05) is 18.2 Å². The van der Waals surface area contributed by atoms with Crippen molar-refractivity contribution < 1.29 is 9.59 Å². The molecule has 3 rings (SSSR count). The van der Waals surface area contributed by atoms with E-state index in [1.54, 1.807) is 17.2 Å². The monoisotopic (exact) mass is 324 g/mol. The quantitative estimate of drug-likeness (QED) is 0.847. The van der Waals surface area contributed by atoms with E-state index in [0.717, 1.165) is 17.7 Å². The van der Waals surface area contributed by atoms with Crippen molar-refractivity contribution in [2.75, 3.05) is 23.7 Å². The molecule has 0 spiro atoms. The molecule has 1 atom stereocenters. The van der Waals surface area contributed by atoms with Crippen LogP contribution in [0.5, 0.6) is 0 Å². The van der Waals surface area contributed by atoms with Gasteiger partial charge >= 0.3 is 11.8 Å². The third-order valence-corrected chi connectivity index (χ3v) is 3.95. The van der Waals surface area contributed by atoms with Crippen LogP contribution in [-0.4, -0.2) is 40.8 Å². The standard InChI is InChI=1S/C18H20N4O2/c1-13-9-16(11-19-10-13)21-17(23)18(24)22-8-7-15(12-22)20-14-5-3-2-4-6-14/h2-6,9-11,15,20H,7-8,12H2,1H3,(H,21,23)/t15-/m0/s1. The highest BCUT2D eigenvalue weighted by molar-refractivity contribution is 6.39. The maximum atomic E-state index is 12.3. The number of anilines is 2. The van der Waals surface area contributed by atoms with Gasteiger partial charge in [0.2, 0.25) is 0 Å². The molecule has 0 unspecified atom stereocenters. The van der Waals surface area contributed by atoms with Gasteiger partial charge in [0.15, 0.2) is 0 Å². The number of amides is 2. The van der Waals surface area contributed by atoms with Gasteiger partial charge in [0.05, 0.1) is 11.9 Å². The third kappa shape index (κ3) is 3.90. The van der Waals surface area contributed by atoms with E-state index in [2.05, 4.69) is 15.6 Å². The SMILES string of the molecule is Cc1cncc(NC(=O)C(=O)N2CC[C@H](Nc3ccccc3)C2)c1. The van der Waals surface area contributed by atoms with Crippen molar-refractivity contribution in [1.29, 1.82) is 0 Å². The van der Waals surface area contributed by atoms with E-state index >= 15 is 0 Å². The van der Waals surface area contributed by atoms with Gasteiger partial charge < -0.3 is 15.5 Å². The van der Waals surface area contributed by atoms with E-state index in [-0.39, 0.29) is 6.04 Å². The van der Waals surface area contributed by atoms with Crippen LogP contribution in [0.2, 0.25) is 0 Å². The molecule has 2 aromatic rings. The fourth-order valence-electron chi connectivity index (χ4n) is 2.78. The number of hydrogen-bond acceptors (Lipinski definition) is 4. The summed E-state index contributed by atoms with van der Waals surface area (Å²) in [6, 6.07) is 11.8. The lowest BCUT2D eigenvalue weighted by molar-refractivity contribution is -0.142. The van der Waals surface area contributed by atoms with Crippen molar-refractivity contribution in [2.24, 2.45) is 0 Å². The number of benzene rings is 1. The Bertz CT molecular complexity index is 733. The lowest BCUT2D eigenvalue weighted by Crippen LogP contribution is -2.39. The maximum Gasteiger partial charge on any atom is 0.313 e. The predicted octanol–water partition coefficient (Wildman–Crippen LogP) is 2.04. The summed E-state index contributed by atoms with van der Waals surface area (Å²) < 4.78 is 0. The Balaban J connectivity index is 1.55. The van der Waals surface area contributed by atoms with E-state index in [4.69, 9.17) is 0 Å². The number of hydrogen-bond donors (Lipinski definition) is 2. The molecule has 1 aliphatic heterocycles. The minimum Gasteiger partial charge on any atom is -0.380 e. The number of pyridine rings is 1. The molecule has 2 N–H and O–H groups in total. The highest BCUT2D eigenvalue weighted by atomic mass is 16.2. The molecule has 2 heterocycles. The Morgan fingerprint density at radius 2 is 1.96 bits per heavy atom. The molecule has 1 aromatic heterocycles. The first-order valence-corrected chi connectivity index (χ1v) is 7.95. The number of likely N-dealkylation sites (tertiary alicyclic amines) is 1. The minimum absolute atomic E-state index is 0.157. The lowest BCUT2D eigenvalue weighted by atomic mass is 10.2. The molecule has 0 aliphatic carbocycles. The fraction of sp³-hybridized carbons (Fsp3) is 0.278. The van der Waals surface area contributed by atoms with Gasteiger partial charge in [-0.25, -0.2) is 0 Å². The van der Waals surface area contributed by atoms with Gasteiger partial charge in [-0.2, -0.15) is 0 Å². The van der Waals surface area contributed by atoms with Crippen molar-refractivity contribution in [3.8, 4) is 0 Å². The molecule has 1 aliphatic rings. The van der Waals surface area contributed by atoms with E-state index < -0.39 is 11.8 Å². The molecule has 1 fully saturated rings. The zero-order valence-electron chi connectivity index (χ0n) is 13.5. The van der Waals surface area contributed by atoms with Crippen LogP contribution in [0, 0.1) is 6.92 Å². The third-order valence-electron chi connectivity index (χ3n) is 3.95. The summed E-state index contributed by atoms with van der Waals surface area (Å²) >= 11 is 0. The first kappa shape index (κ1) is 16.0. The summed E-state index contributed by atoms with van der Waals surface area (Å²) in [5.41, 5.74) is 2.48. The summed E-state index contributed by atoms with van der Waals surface area (Å²) in [6.45, 7) is 2.97. The zero-order valence-corrected chi connectivity index (χ0v) is 13.5. The van der Waals surface area contributed by atoms with E-state index in [1.165, 1.54) is 6.20 Å². The summed E-state index contributed by atoms with van der Waals surface area (Å²) in [5, 5.41) is 6.00. The fourth-order valence-corrected chi connectivity index (χ4v) is 2.78. The summed E-state index contributed by atoms with van der Waals surface area (Å²) in [6.07, 6.45) is 4.04. The first-order chi connectivity index (χ1) is 11.6. The number of carbonyl (C=O) groups is 2. The van der Waals surface area contributed by atoms with Crippen LogP contribution in [0.4, 0.5) is 11.4 Å². The van der Waals surface area contributed by atoms with Gasteiger partial charge in [-0.3, -0.25) is 14.6 Å². The van der Waals surface area contributed by atoms with Crippen molar-refractivity contribution in [1.82, 2.24) is 9.88 Å². The van der Waals surface area contributed by atoms with Crippen molar-refractivity contribution in [3.63, 3.8) is 0 Å². The zero-order chi connectivity index (χ0) is 16.9. The molecule has 124 valence electrons.